The van der Waals surface area contributed by atoms with Gasteiger partial charge in [0.05, 0.1) is 16.8 Å². The SMILES string of the molecule is Cc1cc(=O)oc2c1c(C)nn2-c1ccncc1. The van der Waals surface area contributed by atoms with Crippen LogP contribution >= 0.6 is 0 Å². The first-order valence-corrected chi connectivity index (χ1v) is 5.57. The minimum atomic E-state index is -0.366. The number of nitrogens with zero attached hydrogens (tertiary/aromatic N) is 3. The number of aryl methyl sites for hydroxylation is 2. The van der Waals surface area contributed by atoms with E-state index in [-0.39, 0.29) is 5.63 Å². The summed E-state index contributed by atoms with van der Waals surface area (Å²) in [4.78, 5) is 15.4. The second kappa shape index (κ2) is 3.80. The molecule has 0 unspecified atom stereocenters. The molecule has 3 rings (SSSR count). The van der Waals surface area contributed by atoms with Gasteiger partial charge in [0.2, 0.25) is 5.71 Å². The maximum atomic E-state index is 11.5. The summed E-state index contributed by atoms with van der Waals surface area (Å²) in [7, 11) is 0. The molecule has 90 valence electrons. The summed E-state index contributed by atoms with van der Waals surface area (Å²) in [5.74, 6) is 0. The van der Waals surface area contributed by atoms with Gasteiger partial charge in [-0.3, -0.25) is 4.98 Å². The summed E-state index contributed by atoms with van der Waals surface area (Å²) >= 11 is 0. The molecule has 0 aromatic carbocycles. The molecule has 0 aliphatic carbocycles. The minimum absolute atomic E-state index is 0.366. The van der Waals surface area contributed by atoms with E-state index in [4.69, 9.17) is 4.42 Å². The van der Waals surface area contributed by atoms with E-state index < -0.39 is 0 Å². The number of aromatic nitrogens is 3. The zero-order valence-electron chi connectivity index (χ0n) is 10.0. The largest absolute Gasteiger partial charge is 0.403 e. The van der Waals surface area contributed by atoms with Gasteiger partial charge < -0.3 is 4.42 Å². The minimum Gasteiger partial charge on any atom is -0.403 e. The van der Waals surface area contributed by atoms with Crippen LogP contribution < -0.4 is 5.63 Å². The molecule has 0 saturated carbocycles. The van der Waals surface area contributed by atoms with Crippen molar-refractivity contribution in [2.45, 2.75) is 13.8 Å². The van der Waals surface area contributed by atoms with Crippen LogP contribution in [0.2, 0.25) is 0 Å². The van der Waals surface area contributed by atoms with Crippen molar-refractivity contribution in [3.05, 3.63) is 52.3 Å². The molecule has 3 aromatic rings. The molecule has 3 aromatic heterocycles. The van der Waals surface area contributed by atoms with Crippen LogP contribution in [0.5, 0.6) is 0 Å². The first kappa shape index (κ1) is 10.7. The van der Waals surface area contributed by atoms with Gasteiger partial charge >= 0.3 is 5.63 Å². The second-order valence-electron chi connectivity index (χ2n) is 4.13. The highest BCUT2D eigenvalue weighted by atomic mass is 16.4. The van der Waals surface area contributed by atoms with Crippen molar-refractivity contribution >= 4 is 11.1 Å². The van der Waals surface area contributed by atoms with Crippen molar-refractivity contribution in [1.82, 2.24) is 14.8 Å². The molecule has 0 radical (unpaired) electrons. The summed E-state index contributed by atoms with van der Waals surface area (Å²) in [6, 6.07) is 5.11. The van der Waals surface area contributed by atoms with Crippen LogP contribution in [0.1, 0.15) is 11.3 Å². The van der Waals surface area contributed by atoms with E-state index in [1.54, 1.807) is 17.1 Å². The van der Waals surface area contributed by atoms with Crippen LogP contribution in [0.15, 0.2) is 39.8 Å². The molecular formula is C13H11N3O2. The van der Waals surface area contributed by atoms with Crippen molar-refractivity contribution < 1.29 is 4.42 Å². The van der Waals surface area contributed by atoms with Gasteiger partial charge in [0.15, 0.2) is 0 Å². The molecule has 0 aliphatic rings. The first-order valence-electron chi connectivity index (χ1n) is 5.57. The van der Waals surface area contributed by atoms with Crippen molar-refractivity contribution in [2.75, 3.05) is 0 Å². The molecule has 0 atom stereocenters. The molecule has 18 heavy (non-hydrogen) atoms. The topological polar surface area (TPSA) is 60.9 Å². The predicted molar refractivity (Wildman–Crippen MR) is 66.9 cm³/mol. The maximum Gasteiger partial charge on any atom is 0.337 e. The third-order valence-electron chi connectivity index (χ3n) is 2.85. The Morgan fingerprint density at radius 2 is 1.94 bits per heavy atom. The molecule has 0 aliphatic heterocycles. The Morgan fingerprint density at radius 1 is 1.22 bits per heavy atom. The number of rotatable bonds is 1. The lowest BCUT2D eigenvalue weighted by Crippen LogP contribution is -2.01. The molecule has 0 spiro atoms. The van der Waals surface area contributed by atoms with E-state index >= 15 is 0 Å². The van der Waals surface area contributed by atoms with E-state index in [0.717, 1.165) is 22.3 Å². The number of hydrogen-bond donors (Lipinski definition) is 0. The summed E-state index contributed by atoms with van der Waals surface area (Å²) < 4.78 is 6.90. The van der Waals surface area contributed by atoms with E-state index in [9.17, 15) is 4.79 Å². The van der Waals surface area contributed by atoms with Crippen molar-refractivity contribution in [3.8, 4) is 5.69 Å². The number of hydrogen-bond acceptors (Lipinski definition) is 4. The highest BCUT2D eigenvalue weighted by Crippen LogP contribution is 2.22. The molecule has 0 N–H and O–H groups in total. The molecule has 5 heteroatoms. The van der Waals surface area contributed by atoms with Crippen molar-refractivity contribution in [2.24, 2.45) is 0 Å². The quantitative estimate of drug-likeness (QED) is 0.653. The summed E-state index contributed by atoms with van der Waals surface area (Å²) in [6.45, 7) is 3.78. The van der Waals surface area contributed by atoms with Crippen LogP contribution in [0.3, 0.4) is 0 Å². The Morgan fingerprint density at radius 3 is 2.67 bits per heavy atom. The zero-order valence-corrected chi connectivity index (χ0v) is 10.0. The lowest BCUT2D eigenvalue weighted by Gasteiger charge is -2.01. The van der Waals surface area contributed by atoms with Crippen molar-refractivity contribution in [1.29, 1.82) is 0 Å². The molecule has 0 saturated heterocycles. The summed E-state index contributed by atoms with van der Waals surface area (Å²) in [6.07, 6.45) is 3.35. The lowest BCUT2D eigenvalue weighted by molar-refractivity contribution is 0.534. The smallest absolute Gasteiger partial charge is 0.337 e. The van der Waals surface area contributed by atoms with Crippen LogP contribution in [0.4, 0.5) is 0 Å². The van der Waals surface area contributed by atoms with Gasteiger partial charge in [-0.15, -0.1) is 0 Å². The highest BCUT2D eigenvalue weighted by molar-refractivity contribution is 5.81. The van der Waals surface area contributed by atoms with Crippen molar-refractivity contribution in [3.63, 3.8) is 0 Å². The molecule has 0 amide bonds. The van der Waals surface area contributed by atoms with E-state index in [2.05, 4.69) is 10.1 Å². The first-order chi connectivity index (χ1) is 8.66. The van der Waals surface area contributed by atoms with Gasteiger partial charge in [0.1, 0.15) is 0 Å². The summed E-state index contributed by atoms with van der Waals surface area (Å²) in [5.41, 5.74) is 2.64. The second-order valence-corrected chi connectivity index (χ2v) is 4.13. The number of pyridine rings is 1. The molecule has 0 bridgehead atoms. The van der Waals surface area contributed by atoms with E-state index in [1.807, 2.05) is 26.0 Å². The Balaban J connectivity index is 2.42. The Labute approximate surface area is 103 Å². The fraction of sp³-hybridized carbons (Fsp3) is 0.154. The monoisotopic (exact) mass is 241 g/mol. The average Bonchev–Trinajstić information content (AvgIpc) is 2.67. The van der Waals surface area contributed by atoms with Gasteiger partial charge in [0, 0.05) is 18.5 Å². The Kier molecular flexibility index (Phi) is 2.26. The van der Waals surface area contributed by atoms with Crippen LogP contribution in [0.25, 0.3) is 16.8 Å². The average molecular weight is 241 g/mol. The standard InChI is InChI=1S/C13H11N3O2/c1-8-7-11(17)18-13-12(8)9(2)15-16(13)10-3-5-14-6-4-10/h3-7H,1-2H3. The molecular weight excluding hydrogens is 230 g/mol. The molecule has 0 fully saturated rings. The van der Waals surface area contributed by atoms with E-state index in [1.165, 1.54) is 6.07 Å². The fourth-order valence-electron chi connectivity index (χ4n) is 2.09. The van der Waals surface area contributed by atoms with Crippen LogP contribution in [-0.2, 0) is 0 Å². The number of fused-ring (bicyclic) bond motifs is 1. The third-order valence-corrected chi connectivity index (χ3v) is 2.85. The van der Waals surface area contributed by atoms with Gasteiger partial charge in [-0.05, 0) is 31.5 Å². The molecule has 3 heterocycles. The van der Waals surface area contributed by atoms with Gasteiger partial charge in [-0.2, -0.15) is 9.78 Å². The maximum absolute atomic E-state index is 11.5. The normalized spacial score (nSPS) is 11.0. The van der Waals surface area contributed by atoms with Gasteiger partial charge in [-0.25, -0.2) is 4.79 Å². The van der Waals surface area contributed by atoms with Gasteiger partial charge in [0.25, 0.3) is 0 Å². The predicted octanol–water partition coefficient (Wildman–Crippen LogP) is 1.99. The van der Waals surface area contributed by atoms with E-state index in [0.29, 0.717) is 5.71 Å². The summed E-state index contributed by atoms with van der Waals surface area (Å²) in [5, 5.41) is 5.30. The molecule has 5 nitrogen and oxygen atoms in total. The highest BCUT2D eigenvalue weighted by Gasteiger charge is 2.14. The zero-order chi connectivity index (χ0) is 12.7. The lowest BCUT2D eigenvalue weighted by atomic mass is 10.2. The van der Waals surface area contributed by atoms with Crippen LogP contribution in [0, 0.1) is 13.8 Å². The Hall–Kier alpha value is -2.43. The Bertz CT molecular complexity index is 772. The van der Waals surface area contributed by atoms with Crippen LogP contribution in [-0.4, -0.2) is 14.8 Å². The third kappa shape index (κ3) is 1.52. The fourth-order valence-corrected chi connectivity index (χ4v) is 2.09. The van der Waals surface area contributed by atoms with Gasteiger partial charge in [-0.1, -0.05) is 0 Å².